The Kier molecular flexibility index (Phi) is 3.60. The summed E-state index contributed by atoms with van der Waals surface area (Å²) in [5.74, 6) is 0.479. The Morgan fingerprint density at radius 1 is 1.11 bits per heavy atom. The first kappa shape index (κ1) is 12.4. The molecule has 3 rings (SSSR count). The van der Waals surface area contributed by atoms with E-state index < -0.39 is 0 Å². The number of nitrogens with two attached hydrogens (primary N) is 1. The molecule has 2 N–H and O–H groups in total. The predicted molar refractivity (Wildman–Crippen MR) is 75.2 cm³/mol. The van der Waals surface area contributed by atoms with Gasteiger partial charge in [-0.05, 0) is 31.4 Å². The molecule has 0 aliphatic heterocycles. The van der Waals surface area contributed by atoms with Crippen LogP contribution in [0, 0.1) is 0 Å². The third kappa shape index (κ3) is 2.68. The molecule has 0 radical (unpaired) electrons. The van der Waals surface area contributed by atoms with Gasteiger partial charge in [0.25, 0.3) is 0 Å². The summed E-state index contributed by atoms with van der Waals surface area (Å²) in [6.45, 7) is 0. The first-order valence-electron chi connectivity index (χ1n) is 7.06. The van der Waals surface area contributed by atoms with Crippen LogP contribution in [-0.4, -0.2) is 21.0 Å². The van der Waals surface area contributed by atoms with E-state index in [0.717, 1.165) is 18.5 Å². The van der Waals surface area contributed by atoms with Gasteiger partial charge >= 0.3 is 0 Å². The monoisotopic (exact) mass is 256 g/mol. The molecular weight excluding hydrogens is 236 g/mol. The van der Waals surface area contributed by atoms with E-state index in [0.29, 0.717) is 12.0 Å². The molecule has 0 amide bonds. The number of para-hydroxylation sites is 1. The molecule has 1 aromatic heterocycles. The van der Waals surface area contributed by atoms with Crippen LogP contribution in [0.5, 0.6) is 0 Å². The summed E-state index contributed by atoms with van der Waals surface area (Å²) in [5, 5.41) is 8.34. The van der Waals surface area contributed by atoms with Crippen LogP contribution in [0.3, 0.4) is 0 Å². The minimum atomic E-state index is 0.312. The summed E-state index contributed by atoms with van der Waals surface area (Å²) >= 11 is 0. The molecule has 0 bridgehead atoms. The summed E-state index contributed by atoms with van der Waals surface area (Å²) in [6.07, 6.45) is 7.76. The van der Waals surface area contributed by atoms with Crippen molar-refractivity contribution in [1.29, 1.82) is 0 Å². The van der Waals surface area contributed by atoms with E-state index in [-0.39, 0.29) is 0 Å². The molecule has 19 heavy (non-hydrogen) atoms. The van der Waals surface area contributed by atoms with Crippen LogP contribution in [0.1, 0.15) is 43.7 Å². The van der Waals surface area contributed by atoms with Crippen molar-refractivity contribution in [2.45, 2.75) is 44.1 Å². The number of hydrogen-bond acceptors (Lipinski definition) is 3. The van der Waals surface area contributed by atoms with Crippen molar-refractivity contribution in [2.75, 3.05) is 0 Å². The highest BCUT2D eigenvalue weighted by atomic mass is 15.4. The van der Waals surface area contributed by atoms with Crippen molar-refractivity contribution >= 4 is 0 Å². The molecule has 1 fully saturated rings. The average Bonchev–Trinajstić information content (AvgIpc) is 2.83. The lowest BCUT2D eigenvalue weighted by atomic mass is 9.95. The highest BCUT2D eigenvalue weighted by Crippen LogP contribution is 2.31. The normalized spacial score (nSPS) is 24.1. The van der Waals surface area contributed by atoms with Gasteiger partial charge in [0, 0.05) is 12.0 Å². The number of hydrogen-bond donors (Lipinski definition) is 1. The van der Waals surface area contributed by atoms with Crippen LogP contribution < -0.4 is 5.73 Å². The summed E-state index contributed by atoms with van der Waals surface area (Å²) in [5.41, 5.74) is 8.44. The van der Waals surface area contributed by atoms with Gasteiger partial charge in [-0.3, -0.25) is 0 Å². The topological polar surface area (TPSA) is 56.7 Å². The number of aromatic nitrogens is 3. The summed E-state index contributed by atoms with van der Waals surface area (Å²) in [4.78, 5) is 0. The van der Waals surface area contributed by atoms with Gasteiger partial charge < -0.3 is 5.73 Å². The number of rotatable bonds is 2. The van der Waals surface area contributed by atoms with Crippen molar-refractivity contribution in [3.63, 3.8) is 0 Å². The second kappa shape index (κ2) is 5.53. The quantitative estimate of drug-likeness (QED) is 0.840. The van der Waals surface area contributed by atoms with Gasteiger partial charge in [-0.2, -0.15) is 0 Å². The maximum Gasteiger partial charge on any atom is 0.0732 e. The third-order valence-corrected chi connectivity index (χ3v) is 3.96. The first-order valence-corrected chi connectivity index (χ1v) is 7.06. The third-order valence-electron chi connectivity index (χ3n) is 3.96. The fourth-order valence-corrected chi connectivity index (χ4v) is 2.96. The van der Waals surface area contributed by atoms with E-state index >= 15 is 0 Å². The van der Waals surface area contributed by atoms with E-state index in [2.05, 4.69) is 22.4 Å². The molecule has 1 aliphatic carbocycles. The maximum atomic E-state index is 6.17. The fourth-order valence-electron chi connectivity index (χ4n) is 2.96. The van der Waals surface area contributed by atoms with Crippen molar-refractivity contribution in [1.82, 2.24) is 15.0 Å². The molecule has 0 spiro atoms. The van der Waals surface area contributed by atoms with Gasteiger partial charge in [0.15, 0.2) is 0 Å². The Hall–Kier alpha value is -1.68. The van der Waals surface area contributed by atoms with Gasteiger partial charge in [-0.1, -0.05) is 36.3 Å². The first-order chi connectivity index (χ1) is 9.34. The predicted octanol–water partition coefficient (Wildman–Crippen LogP) is 2.64. The van der Waals surface area contributed by atoms with Gasteiger partial charge in [0.1, 0.15) is 0 Å². The summed E-state index contributed by atoms with van der Waals surface area (Å²) in [6, 6.07) is 10.5. The lowest BCUT2D eigenvalue weighted by Crippen LogP contribution is -2.21. The smallest absolute Gasteiger partial charge is 0.0732 e. The van der Waals surface area contributed by atoms with E-state index in [1.54, 1.807) is 0 Å². The lowest BCUT2D eigenvalue weighted by molar-refractivity contribution is 0.515. The van der Waals surface area contributed by atoms with Gasteiger partial charge in [0.05, 0.1) is 17.6 Å². The standard InChI is InChI=1S/C15H20N4/c16-13-7-5-4-6-12(10-13)15-11-17-18-19(15)14-8-2-1-3-9-14/h1-3,8-9,11-13H,4-7,10,16H2. The largest absolute Gasteiger partial charge is 0.328 e. The van der Waals surface area contributed by atoms with E-state index in [4.69, 9.17) is 5.73 Å². The highest BCUT2D eigenvalue weighted by molar-refractivity contribution is 5.32. The van der Waals surface area contributed by atoms with Crippen molar-refractivity contribution in [3.8, 4) is 5.69 Å². The minimum absolute atomic E-state index is 0.312. The zero-order valence-electron chi connectivity index (χ0n) is 11.1. The lowest BCUT2D eigenvalue weighted by Gasteiger charge is -2.17. The number of benzene rings is 1. The van der Waals surface area contributed by atoms with Crippen LogP contribution in [0.25, 0.3) is 5.69 Å². The molecule has 4 heteroatoms. The van der Waals surface area contributed by atoms with E-state index in [9.17, 15) is 0 Å². The van der Waals surface area contributed by atoms with Crippen molar-refractivity contribution in [2.24, 2.45) is 5.73 Å². The second-order valence-electron chi connectivity index (χ2n) is 5.38. The van der Waals surface area contributed by atoms with Crippen LogP contribution in [0.2, 0.25) is 0 Å². The van der Waals surface area contributed by atoms with Crippen LogP contribution in [-0.2, 0) is 0 Å². The Balaban J connectivity index is 1.91. The summed E-state index contributed by atoms with van der Waals surface area (Å²) in [7, 11) is 0. The fraction of sp³-hybridized carbons (Fsp3) is 0.467. The molecule has 1 saturated carbocycles. The minimum Gasteiger partial charge on any atom is -0.328 e. The molecule has 4 nitrogen and oxygen atoms in total. The second-order valence-corrected chi connectivity index (χ2v) is 5.38. The molecule has 2 unspecified atom stereocenters. The molecule has 2 atom stereocenters. The molecule has 1 aromatic carbocycles. The van der Waals surface area contributed by atoms with E-state index in [1.165, 1.54) is 25.0 Å². The Bertz CT molecular complexity index is 520. The maximum absolute atomic E-state index is 6.17. The van der Waals surface area contributed by atoms with Crippen molar-refractivity contribution < 1.29 is 0 Å². The highest BCUT2D eigenvalue weighted by Gasteiger charge is 2.23. The van der Waals surface area contributed by atoms with Crippen molar-refractivity contribution in [3.05, 3.63) is 42.2 Å². The molecule has 1 heterocycles. The molecule has 1 aliphatic rings. The molecule has 100 valence electrons. The average molecular weight is 256 g/mol. The SMILES string of the molecule is NC1CCCCC(c2cnnn2-c2ccccc2)C1. The molecular formula is C15H20N4. The Morgan fingerprint density at radius 3 is 2.74 bits per heavy atom. The molecule has 0 saturated heterocycles. The zero-order chi connectivity index (χ0) is 13.1. The van der Waals surface area contributed by atoms with Gasteiger partial charge in [-0.15, -0.1) is 5.10 Å². The van der Waals surface area contributed by atoms with E-state index in [1.807, 2.05) is 29.1 Å². The zero-order valence-corrected chi connectivity index (χ0v) is 11.1. The Morgan fingerprint density at radius 2 is 1.89 bits per heavy atom. The van der Waals surface area contributed by atoms with Crippen LogP contribution in [0.15, 0.2) is 36.5 Å². The molecule has 2 aromatic rings. The Labute approximate surface area is 113 Å². The van der Waals surface area contributed by atoms with Crippen LogP contribution >= 0.6 is 0 Å². The van der Waals surface area contributed by atoms with Crippen LogP contribution in [0.4, 0.5) is 0 Å². The van der Waals surface area contributed by atoms with Gasteiger partial charge in [0.2, 0.25) is 0 Å². The van der Waals surface area contributed by atoms with Gasteiger partial charge in [-0.25, -0.2) is 4.68 Å². The number of nitrogens with zero attached hydrogens (tertiary/aromatic N) is 3. The summed E-state index contributed by atoms with van der Waals surface area (Å²) < 4.78 is 1.96.